The fraction of sp³-hybridized carbons (Fsp3) is 0.364. The van der Waals surface area contributed by atoms with Crippen LogP contribution < -0.4 is 9.88 Å². The van der Waals surface area contributed by atoms with E-state index in [9.17, 15) is 14.4 Å². The number of aromatic nitrogens is 1. The smallest absolute Gasteiger partial charge is 0.261 e. The average Bonchev–Trinajstić information content (AvgIpc) is 3.04. The fourth-order valence-electron chi connectivity index (χ4n) is 3.93. The molecule has 0 atom stereocenters. The normalized spacial score (nSPS) is 16.2. The van der Waals surface area contributed by atoms with E-state index in [4.69, 9.17) is 4.74 Å². The van der Waals surface area contributed by atoms with E-state index >= 15 is 0 Å². The van der Waals surface area contributed by atoms with Gasteiger partial charge >= 0.3 is 0 Å². The molecule has 2 aliphatic rings. The lowest BCUT2D eigenvalue weighted by molar-refractivity contribution is -0.377. The number of carbonyl (C=O) groups excluding carboxylic acids is 3. The predicted octanol–water partition coefficient (Wildman–Crippen LogP) is 1.10. The molecular weight excluding hydrogens is 384 g/mol. The molecule has 0 unspecified atom stereocenters. The molecule has 1 aromatic heterocycles. The first kappa shape index (κ1) is 20.0. The highest BCUT2D eigenvalue weighted by Gasteiger charge is 2.36. The summed E-state index contributed by atoms with van der Waals surface area (Å²) in [6.07, 6.45) is 4.35. The van der Waals surface area contributed by atoms with Crippen molar-refractivity contribution in [3.05, 3.63) is 59.4 Å². The van der Waals surface area contributed by atoms with Crippen LogP contribution in [0.25, 0.3) is 0 Å². The third kappa shape index (κ3) is 3.78. The first-order valence-corrected chi connectivity index (χ1v) is 10.1. The van der Waals surface area contributed by atoms with E-state index in [0.717, 1.165) is 18.8 Å². The van der Waals surface area contributed by atoms with Gasteiger partial charge in [0.1, 0.15) is 0 Å². The van der Waals surface area contributed by atoms with Crippen LogP contribution in [0.3, 0.4) is 0 Å². The Hall–Kier alpha value is -3.26. The van der Waals surface area contributed by atoms with Gasteiger partial charge in [-0.15, -0.1) is 0 Å². The number of anilines is 1. The zero-order chi connectivity index (χ0) is 21.1. The minimum atomic E-state index is -0.341. The van der Waals surface area contributed by atoms with Gasteiger partial charge in [0.15, 0.2) is 12.4 Å². The molecule has 2 aliphatic heterocycles. The van der Waals surface area contributed by atoms with Crippen molar-refractivity contribution in [2.24, 2.45) is 0 Å². The zero-order valence-corrected chi connectivity index (χ0v) is 17.0. The molecule has 1 fully saturated rings. The number of aromatic amines is 1. The van der Waals surface area contributed by atoms with E-state index in [1.54, 1.807) is 30.2 Å². The largest absolute Gasteiger partial charge is 0.385 e. The van der Waals surface area contributed by atoms with Crippen LogP contribution >= 0.6 is 0 Å². The van der Waals surface area contributed by atoms with E-state index in [0.29, 0.717) is 49.4 Å². The van der Waals surface area contributed by atoms with Gasteiger partial charge in [0, 0.05) is 69.8 Å². The fourth-order valence-corrected chi connectivity index (χ4v) is 3.93. The molecule has 3 amide bonds. The third-order valence-electron chi connectivity index (χ3n) is 5.58. The molecule has 4 rings (SSSR count). The summed E-state index contributed by atoms with van der Waals surface area (Å²) >= 11 is 0. The highest BCUT2D eigenvalue weighted by molar-refractivity contribution is 6.22. The Morgan fingerprint density at radius 3 is 2.40 bits per heavy atom. The van der Waals surface area contributed by atoms with E-state index in [2.05, 4.69) is 9.88 Å². The number of rotatable bonds is 6. The zero-order valence-electron chi connectivity index (χ0n) is 17.0. The molecule has 8 nitrogen and oxygen atoms in total. The summed E-state index contributed by atoms with van der Waals surface area (Å²) in [5.74, 6) is -0.762. The van der Waals surface area contributed by atoms with Crippen LogP contribution in [0.5, 0.6) is 0 Å². The summed E-state index contributed by atoms with van der Waals surface area (Å²) in [4.78, 5) is 46.5. The maximum Gasteiger partial charge on any atom is 0.261 e. The molecule has 0 bridgehead atoms. The number of amides is 3. The SMILES string of the molecule is COCCCN1C(=O)c2ccc(C(=O)N3CCN(c4cc[nH+]cc4)CC3)cc2C1=O. The molecule has 0 aliphatic carbocycles. The number of hydrogen-bond acceptors (Lipinski definition) is 5. The molecule has 3 heterocycles. The number of hydrogen-bond donors (Lipinski definition) is 0. The minimum absolute atomic E-state index is 0.114. The van der Waals surface area contributed by atoms with Crippen molar-refractivity contribution in [1.29, 1.82) is 0 Å². The number of pyridine rings is 1. The summed E-state index contributed by atoms with van der Waals surface area (Å²) in [5, 5.41) is 0. The summed E-state index contributed by atoms with van der Waals surface area (Å²) in [6, 6.07) is 8.83. The average molecular weight is 409 g/mol. The molecule has 156 valence electrons. The second-order valence-corrected chi connectivity index (χ2v) is 7.41. The Balaban J connectivity index is 1.43. The van der Waals surface area contributed by atoms with Gasteiger partial charge in [-0.2, -0.15) is 0 Å². The van der Waals surface area contributed by atoms with Gasteiger partial charge in [0.05, 0.1) is 11.1 Å². The monoisotopic (exact) mass is 409 g/mol. The number of nitrogens with zero attached hydrogens (tertiary/aromatic N) is 3. The van der Waals surface area contributed by atoms with Gasteiger partial charge in [0.25, 0.3) is 17.7 Å². The van der Waals surface area contributed by atoms with Crippen LogP contribution in [0.1, 0.15) is 37.5 Å². The van der Waals surface area contributed by atoms with Crippen molar-refractivity contribution in [2.45, 2.75) is 6.42 Å². The van der Waals surface area contributed by atoms with Gasteiger partial charge in [0.2, 0.25) is 0 Å². The Bertz CT molecular complexity index is 955. The number of nitrogens with one attached hydrogen (secondary N) is 1. The van der Waals surface area contributed by atoms with Crippen LogP contribution in [-0.2, 0) is 4.74 Å². The number of carbonyl (C=O) groups is 3. The number of methoxy groups -OCH3 is 1. The molecular formula is C22H25N4O4+. The van der Waals surface area contributed by atoms with E-state index in [-0.39, 0.29) is 17.7 Å². The van der Waals surface area contributed by atoms with Gasteiger partial charge in [-0.1, -0.05) is 0 Å². The summed E-state index contributed by atoms with van der Waals surface area (Å²) < 4.78 is 5.00. The van der Waals surface area contributed by atoms with Crippen LogP contribution in [0.4, 0.5) is 5.69 Å². The van der Waals surface area contributed by atoms with Crippen molar-refractivity contribution in [2.75, 3.05) is 51.3 Å². The van der Waals surface area contributed by atoms with Crippen LogP contribution in [0.15, 0.2) is 42.7 Å². The number of piperazine rings is 1. The van der Waals surface area contributed by atoms with E-state index in [1.807, 2.05) is 24.5 Å². The molecule has 2 aromatic rings. The Morgan fingerprint density at radius 1 is 1.00 bits per heavy atom. The first-order chi connectivity index (χ1) is 14.6. The minimum Gasteiger partial charge on any atom is -0.385 e. The second-order valence-electron chi connectivity index (χ2n) is 7.41. The van der Waals surface area contributed by atoms with Crippen LogP contribution in [0.2, 0.25) is 0 Å². The molecule has 0 radical (unpaired) electrons. The molecule has 0 spiro atoms. The number of imide groups is 1. The lowest BCUT2D eigenvalue weighted by Gasteiger charge is -2.35. The van der Waals surface area contributed by atoms with Gasteiger partial charge < -0.3 is 14.5 Å². The molecule has 1 aromatic carbocycles. The van der Waals surface area contributed by atoms with Gasteiger partial charge in [-0.25, -0.2) is 4.98 Å². The first-order valence-electron chi connectivity index (χ1n) is 10.1. The lowest BCUT2D eigenvalue weighted by atomic mass is 10.0. The highest BCUT2D eigenvalue weighted by atomic mass is 16.5. The van der Waals surface area contributed by atoms with Crippen molar-refractivity contribution >= 4 is 23.4 Å². The maximum atomic E-state index is 13.0. The molecule has 8 heteroatoms. The summed E-state index contributed by atoms with van der Waals surface area (Å²) in [6.45, 7) is 3.47. The number of H-pyrrole nitrogens is 1. The predicted molar refractivity (Wildman–Crippen MR) is 109 cm³/mol. The lowest BCUT2D eigenvalue weighted by Crippen LogP contribution is -2.48. The van der Waals surface area contributed by atoms with Gasteiger partial charge in [-0.3, -0.25) is 19.3 Å². The molecule has 1 N–H and O–H groups in total. The number of fused-ring (bicyclic) bond motifs is 1. The standard InChI is InChI=1S/C22H24N4O4/c1-30-14-2-9-26-21(28)18-4-3-16(15-19(18)22(26)29)20(27)25-12-10-24(11-13-25)17-5-7-23-8-6-17/h3-8,15H,2,9-14H2,1H3/p+1. The summed E-state index contributed by atoms with van der Waals surface area (Å²) in [7, 11) is 1.58. The number of ether oxygens (including phenoxy) is 1. The van der Waals surface area contributed by atoms with Crippen molar-refractivity contribution < 1.29 is 24.1 Å². The van der Waals surface area contributed by atoms with Crippen LogP contribution in [0, 0.1) is 0 Å². The Labute approximate surface area is 175 Å². The topological polar surface area (TPSA) is 84.3 Å². The molecule has 30 heavy (non-hydrogen) atoms. The number of benzene rings is 1. The van der Waals surface area contributed by atoms with E-state index in [1.165, 1.54) is 4.90 Å². The second kappa shape index (κ2) is 8.62. The highest BCUT2D eigenvalue weighted by Crippen LogP contribution is 2.25. The molecule has 0 saturated carbocycles. The quantitative estimate of drug-likeness (QED) is 0.527. The Morgan fingerprint density at radius 2 is 1.70 bits per heavy atom. The van der Waals surface area contributed by atoms with Crippen molar-refractivity contribution in [1.82, 2.24) is 9.80 Å². The van der Waals surface area contributed by atoms with Crippen molar-refractivity contribution in [3.63, 3.8) is 0 Å². The summed E-state index contributed by atoms with van der Waals surface area (Å²) in [5.41, 5.74) is 2.23. The van der Waals surface area contributed by atoms with E-state index < -0.39 is 0 Å². The Kier molecular flexibility index (Phi) is 5.76. The maximum absolute atomic E-state index is 13.0. The van der Waals surface area contributed by atoms with Gasteiger partial charge in [-0.05, 0) is 24.6 Å². The molecule has 1 saturated heterocycles. The third-order valence-corrected chi connectivity index (χ3v) is 5.58. The van der Waals surface area contributed by atoms with Crippen LogP contribution in [-0.4, -0.2) is 74.0 Å². The van der Waals surface area contributed by atoms with Crippen molar-refractivity contribution in [3.8, 4) is 0 Å².